The van der Waals surface area contributed by atoms with Crippen LogP contribution in [0, 0.1) is 0 Å². The summed E-state index contributed by atoms with van der Waals surface area (Å²) in [4.78, 5) is 12.2. The highest BCUT2D eigenvalue weighted by Crippen LogP contribution is 2.24. The molecular formula is C16H15F2NO4. The minimum atomic E-state index is -2.89. The number of carbonyl (C=O) groups is 1. The molecule has 0 aliphatic rings. The maximum absolute atomic E-state index is 12.2. The number of benzene rings is 2. The molecule has 0 spiro atoms. The topological polar surface area (TPSA) is 56.8 Å². The fourth-order valence-corrected chi connectivity index (χ4v) is 1.86. The van der Waals surface area contributed by atoms with Crippen LogP contribution in [-0.4, -0.2) is 26.7 Å². The van der Waals surface area contributed by atoms with Crippen LogP contribution in [0.5, 0.6) is 17.2 Å². The van der Waals surface area contributed by atoms with E-state index < -0.39 is 6.61 Å². The normalized spacial score (nSPS) is 10.3. The molecule has 0 radical (unpaired) electrons. The first-order valence-electron chi connectivity index (χ1n) is 6.61. The fraction of sp³-hybridized carbons (Fsp3) is 0.188. The Kier molecular flexibility index (Phi) is 5.35. The molecule has 2 aromatic rings. The van der Waals surface area contributed by atoms with E-state index in [0.29, 0.717) is 22.7 Å². The molecule has 0 aromatic heterocycles. The van der Waals surface area contributed by atoms with Gasteiger partial charge in [-0.2, -0.15) is 8.78 Å². The molecule has 0 aliphatic heterocycles. The number of methoxy groups -OCH3 is 2. The monoisotopic (exact) mass is 323 g/mol. The predicted molar refractivity (Wildman–Crippen MR) is 80.6 cm³/mol. The van der Waals surface area contributed by atoms with Gasteiger partial charge in [-0.25, -0.2) is 0 Å². The summed E-state index contributed by atoms with van der Waals surface area (Å²) >= 11 is 0. The molecule has 0 heterocycles. The van der Waals surface area contributed by atoms with Crippen LogP contribution in [0.3, 0.4) is 0 Å². The van der Waals surface area contributed by atoms with Crippen LogP contribution in [0.2, 0.25) is 0 Å². The molecule has 0 unspecified atom stereocenters. The Hall–Kier alpha value is -2.83. The molecule has 5 nitrogen and oxygen atoms in total. The van der Waals surface area contributed by atoms with E-state index in [9.17, 15) is 13.6 Å². The smallest absolute Gasteiger partial charge is 0.387 e. The van der Waals surface area contributed by atoms with Gasteiger partial charge < -0.3 is 19.5 Å². The van der Waals surface area contributed by atoms with Gasteiger partial charge in [-0.15, -0.1) is 0 Å². The van der Waals surface area contributed by atoms with Gasteiger partial charge in [-0.1, -0.05) is 0 Å². The Morgan fingerprint density at radius 3 is 2.00 bits per heavy atom. The van der Waals surface area contributed by atoms with Gasteiger partial charge in [0.2, 0.25) is 0 Å². The molecule has 0 fully saturated rings. The lowest BCUT2D eigenvalue weighted by Crippen LogP contribution is -2.12. The molecule has 0 atom stereocenters. The number of carbonyl (C=O) groups excluding carboxylic acids is 1. The third kappa shape index (κ3) is 4.57. The van der Waals surface area contributed by atoms with Crippen molar-refractivity contribution in [2.24, 2.45) is 0 Å². The van der Waals surface area contributed by atoms with Crippen molar-refractivity contribution in [2.75, 3.05) is 19.5 Å². The first kappa shape index (κ1) is 16.5. The Morgan fingerprint density at radius 1 is 0.957 bits per heavy atom. The van der Waals surface area contributed by atoms with E-state index in [4.69, 9.17) is 9.47 Å². The van der Waals surface area contributed by atoms with Crippen LogP contribution >= 0.6 is 0 Å². The van der Waals surface area contributed by atoms with Crippen molar-refractivity contribution in [3.05, 3.63) is 48.0 Å². The number of anilines is 1. The highest BCUT2D eigenvalue weighted by Gasteiger charge is 2.11. The highest BCUT2D eigenvalue weighted by atomic mass is 19.3. The van der Waals surface area contributed by atoms with Crippen molar-refractivity contribution < 1.29 is 27.8 Å². The first-order chi connectivity index (χ1) is 11.0. The van der Waals surface area contributed by atoms with Crippen molar-refractivity contribution in [3.8, 4) is 17.2 Å². The first-order valence-corrected chi connectivity index (χ1v) is 6.61. The molecule has 0 saturated heterocycles. The Bertz CT molecular complexity index is 652. The summed E-state index contributed by atoms with van der Waals surface area (Å²) in [5.41, 5.74) is 0.785. The molecular weight excluding hydrogens is 308 g/mol. The summed E-state index contributed by atoms with van der Waals surface area (Å²) in [7, 11) is 2.97. The van der Waals surface area contributed by atoms with Gasteiger partial charge in [0.25, 0.3) is 5.91 Å². The third-order valence-corrected chi connectivity index (χ3v) is 2.95. The summed E-state index contributed by atoms with van der Waals surface area (Å²) in [5.74, 6) is 0.594. The number of hydrogen-bond acceptors (Lipinski definition) is 4. The zero-order valence-electron chi connectivity index (χ0n) is 12.5. The van der Waals surface area contributed by atoms with Crippen molar-refractivity contribution in [1.29, 1.82) is 0 Å². The van der Waals surface area contributed by atoms with E-state index >= 15 is 0 Å². The zero-order valence-corrected chi connectivity index (χ0v) is 12.5. The van der Waals surface area contributed by atoms with E-state index in [1.165, 1.54) is 38.5 Å². The third-order valence-electron chi connectivity index (χ3n) is 2.95. The highest BCUT2D eigenvalue weighted by molar-refractivity contribution is 6.04. The van der Waals surface area contributed by atoms with Gasteiger partial charge in [0.1, 0.15) is 17.2 Å². The van der Waals surface area contributed by atoms with E-state index in [1.807, 2.05) is 0 Å². The predicted octanol–water partition coefficient (Wildman–Crippen LogP) is 3.56. The van der Waals surface area contributed by atoms with Crippen molar-refractivity contribution >= 4 is 11.6 Å². The maximum Gasteiger partial charge on any atom is 0.387 e. The number of ether oxygens (including phenoxy) is 3. The average Bonchev–Trinajstić information content (AvgIpc) is 2.55. The summed E-state index contributed by atoms with van der Waals surface area (Å²) in [5, 5.41) is 2.65. The average molecular weight is 323 g/mol. The van der Waals surface area contributed by atoms with Crippen LogP contribution in [0.1, 0.15) is 10.4 Å². The molecule has 0 bridgehead atoms. The van der Waals surface area contributed by atoms with E-state index in [-0.39, 0.29) is 11.7 Å². The lowest BCUT2D eigenvalue weighted by atomic mass is 10.1. The lowest BCUT2D eigenvalue weighted by Gasteiger charge is -2.10. The molecule has 0 saturated carbocycles. The Labute approximate surface area is 131 Å². The van der Waals surface area contributed by atoms with E-state index in [1.54, 1.807) is 18.2 Å². The molecule has 2 aromatic carbocycles. The molecule has 2 rings (SSSR count). The van der Waals surface area contributed by atoms with Crippen molar-refractivity contribution in [2.45, 2.75) is 6.61 Å². The second-order valence-electron chi connectivity index (χ2n) is 4.46. The lowest BCUT2D eigenvalue weighted by molar-refractivity contribution is -0.0498. The van der Waals surface area contributed by atoms with Gasteiger partial charge in [0.15, 0.2) is 0 Å². The van der Waals surface area contributed by atoms with Crippen LogP contribution < -0.4 is 19.5 Å². The standard InChI is InChI=1S/C16H15F2NO4/c1-21-13-7-10(8-14(9-13)22-2)15(20)19-11-3-5-12(6-4-11)23-16(17)18/h3-9,16H,1-2H3,(H,19,20). The van der Waals surface area contributed by atoms with E-state index in [2.05, 4.69) is 10.1 Å². The largest absolute Gasteiger partial charge is 0.497 e. The Morgan fingerprint density at radius 2 is 1.52 bits per heavy atom. The van der Waals surface area contributed by atoms with Crippen LogP contribution in [0.15, 0.2) is 42.5 Å². The minimum absolute atomic E-state index is 0.0149. The summed E-state index contributed by atoms with van der Waals surface area (Å²) in [6, 6.07) is 10.4. The summed E-state index contributed by atoms with van der Waals surface area (Å²) in [6.07, 6.45) is 0. The zero-order chi connectivity index (χ0) is 16.8. The van der Waals surface area contributed by atoms with Gasteiger partial charge in [-0.05, 0) is 36.4 Å². The van der Waals surface area contributed by atoms with Crippen LogP contribution in [0.25, 0.3) is 0 Å². The number of alkyl halides is 2. The SMILES string of the molecule is COc1cc(OC)cc(C(=O)Nc2ccc(OC(F)F)cc2)c1. The van der Waals surface area contributed by atoms with Gasteiger partial charge in [0, 0.05) is 17.3 Å². The van der Waals surface area contributed by atoms with Gasteiger partial charge >= 0.3 is 6.61 Å². The van der Waals surface area contributed by atoms with Crippen molar-refractivity contribution in [1.82, 2.24) is 0 Å². The molecule has 1 N–H and O–H groups in total. The van der Waals surface area contributed by atoms with E-state index in [0.717, 1.165) is 0 Å². The molecule has 0 aliphatic carbocycles. The van der Waals surface area contributed by atoms with Crippen LogP contribution in [0.4, 0.5) is 14.5 Å². The molecule has 7 heteroatoms. The summed E-state index contributed by atoms with van der Waals surface area (Å²) < 4.78 is 38.6. The molecule has 1 amide bonds. The number of hydrogen-bond donors (Lipinski definition) is 1. The van der Waals surface area contributed by atoms with Crippen molar-refractivity contribution in [3.63, 3.8) is 0 Å². The quantitative estimate of drug-likeness (QED) is 0.883. The minimum Gasteiger partial charge on any atom is -0.497 e. The number of halogens is 2. The molecule has 23 heavy (non-hydrogen) atoms. The fourth-order valence-electron chi connectivity index (χ4n) is 1.86. The van der Waals surface area contributed by atoms with Crippen LogP contribution in [-0.2, 0) is 0 Å². The van der Waals surface area contributed by atoms with Gasteiger partial charge in [-0.3, -0.25) is 4.79 Å². The number of amides is 1. The Balaban J connectivity index is 2.12. The van der Waals surface area contributed by atoms with Gasteiger partial charge in [0.05, 0.1) is 14.2 Å². The molecule has 122 valence electrons. The number of rotatable bonds is 6. The second kappa shape index (κ2) is 7.44. The maximum atomic E-state index is 12.2. The second-order valence-corrected chi connectivity index (χ2v) is 4.46. The summed E-state index contributed by atoms with van der Waals surface area (Å²) in [6.45, 7) is -2.89. The number of nitrogens with one attached hydrogen (secondary N) is 1.